The van der Waals surface area contributed by atoms with E-state index in [2.05, 4.69) is 35.8 Å². The van der Waals surface area contributed by atoms with Crippen LogP contribution in [-0.2, 0) is 5.41 Å². The van der Waals surface area contributed by atoms with Crippen LogP contribution < -0.4 is 0 Å². The zero-order valence-corrected chi connectivity index (χ0v) is 11.2. The van der Waals surface area contributed by atoms with Crippen LogP contribution in [0.25, 0.3) is 5.82 Å². The normalized spacial score (nSPS) is 11.8. The van der Waals surface area contributed by atoms with E-state index in [0.29, 0.717) is 16.8 Å². The summed E-state index contributed by atoms with van der Waals surface area (Å²) in [5, 5.41) is 4.75. The largest absolute Gasteiger partial charge is 0.222 e. The summed E-state index contributed by atoms with van der Waals surface area (Å²) in [5.41, 5.74) is 0.805. The van der Waals surface area contributed by atoms with Gasteiger partial charge in [-0.05, 0) is 13.0 Å². The molecule has 2 aromatic heterocycles. The second-order valence-electron chi connectivity index (χ2n) is 5.02. The lowest BCUT2D eigenvalue weighted by Gasteiger charge is -2.17. The molecule has 0 saturated heterocycles. The second-order valence-corrected chi connectivity index (χ2v) is 5.41. The standard InChI is InChI=1S/C12H15ClN4/c1-8-5-6-17(16-8)10-7-9(13)14-11(15-10)12(2,3)4/h5-7H,1-4H3. The molecule has 5 heteroatoms. The predicted molar refractivity (Wildman–Crippen MR) is 67.6 cm³/mol. The van der Waals surface area contributed by atoms with E-state index >= 15 is 0 Å². The molecule has 0 saturated carbocycles. The molecule has 2 heterocycles. The average Bonchev–Trinajstić information content (AvgIpc) is 2.62. The van der Waals surface area contributed by atoms with Crippen LogP contribution in [0.15, 0.2) is 18.3 Å². The van der Waals surface area contributed by atoms with E-state index in [4.69, 9.17) is 11.6 Å². The third-order valence-corrected chi connectivity index (χ3v) is 2.50. The molecule has 0 unspecified atom stereocenters. The van der Waals surface area contributed by atoms with Crippen molar-refractivity contribution in [2.75, 3.05) is 0 Å². The third-order valence-electron chi connectivity index (χ3n) is 2.31. The van der Waals surface area contributed by atoms with Gasteiger partial charge in [-0.2, -0.15) is 5.10 Å². The Bertz CT molecular complexity index is 540. The first-order chi connectivity index (χ1) is 7.86. The van der Waals surface area contributed by atoms with Gasteiger partial charge in [-0.15, -0.1) is 0 Å². The Morgan fingerprint density at radius 3 is 2.47 bits per heavy atom. The first kappa shape index (κ1) is 12.0. The first-order valence-corrected chi connectivity index (χ1v) is 5.82. The van der Waals surface area contributed by atoms with E-state index in [9.17, 15) is 0 Å². The molecule has 0 spiro atoms. The van der Waals surface area contributed by atoms with Crippen LogP contribution in [-0.4, -0.2) is 19.7 Å². The highest BCUT2D eigenvalue weighted by Crippen LogP contribution is 2.21. The maximum absolute atomic E-state index is 6.02. The Morgan fingerprint density at radius 2 is 1.94 bits per heavy atom. The molecule has 0 atom stereocenters. The van der Waals surface area contributed by atoms with Crippen LogP contribution in [0.2, 0.25) is 5.15 Å². The zero-order valence-electron chi connectivity index (χ0n) is 10.4. The number of nitrogens with zero attached hydrogens (tertiary/aromatic N) is 4. The Hall–Kier alpha value is -1.42. The molecule has 0 aliphatic carbocycles. The van der Waals surface area contributed by atoms with Crippen LogP contribution in [0.1, 0.15) is 32.3 Å². The van der Waals surface area contributed by atoms with Crippen molar-refractivity contribution in [2.45, 2.75) is 33.1 Å². The Kier molecular flexibility index (Phi) is 2.91. The predicted octanol–water partition coefficient (Wildman–Crippen LogP) is 2.92. The molecule has 0 fully saturated rings. The summed E-state index contributed by atoms with van der Waals surface area (Å²) in [6, 6.07) is 3.63. The van der Waals surface area contributed by atoms with Crippen molar-refractivity contribution < 1.29 is 0 Å². The molecule has 0 bridgehead atoms. The van der Waals surface area contributed by atoms with E-state index in [1.807, 2.05) is 19.2 Å². The second kappa shape index (κ2) is 4.11. The lowest BCUT2D eigenvalue weighted by Crippen LogP contribution is -2.17. The van der Waals surface area contributed by atoms with Crippen molar-refractivity contribution in [2.24, 2.45) is 0 Å². The summed E-state index contributed by atoms with van der Waals surface area (Å²) in [5.74, 6) is 1.41. The van der Waals surface area contributed by atoms with Gasteiger partial charge in [-0.1, -0.05) is 32.4 Å². The van der Waals surface area contributed by atoms with E-state index in [1.54, 1.807) is 10.7 Å². The van der Waals surface area contributed by atoms with E-state index in [-0.39, 0.29) is 5.41 Å². The monoisotopic (exact) mass is 250 g/mol. The summed E-state index contributed by atoms with van der Waals surface area (Å²) in [6.45, 7) is 8.09. The van der Waals surface area contributed by atoms with E-state index in [0.717, 1.165) is 5.69 Å². The van der Waals surface area contributed by atoms with Crippen molar-refractivity contribution in [3.63, 3.8) is 0 Å². The molecule has 2 rings (SSSR count). The average molecular weight is 251 g/mol. The molecule has 0 amide bonds. The number of aromatic nitrogens is 4. The van der Waals surface area contributed by atoms with Crippen LogP contribution >= 0.6 is 11.6 Å². The Morgan fingerprint density at radius 1 is 1.24 bits per heavy atom. The van der Waals surface area contributed by atoms with Gasteiger partial charge in [0.05, 0.1) is 5.69 Å². The number of halogens is 1. The zero-order chi connectivity index (χ0) is 12.6. The van der Waals surface area contributed by atoms with Crippen molar-refractivity contribution in [3.05, 3.63) is 35.0 Å². The molecule has 0 aliphatic heterocycles. The van der Waals surface area contributed by atoms with Crippen molar-refractivity contribution in [1.82, 2.24) is 19.7 Å². The minimum atomic E-state index is -0.137. The quantitative estimate of drug-likeness (QED) is 0.731. The highest BCUT2D eigenvalue weighted by atomic mass is 35.5. The number of hydrogen-bond acceptors (Lipinski definition) is 3. The van der Waals surface area contributed by atoms with Gasteiger partial charge in [0.25, 0.3) is 0 Å². The molecule has 0 radical (unpaired) electrons. The van der Waals surface area contributed by atoms with Gasteiger partial charge in [-0.25, -0.2) is 14.6 Å². The molecule has 2 aromatic rings. The van der Waals surface area contributed by atoms with Gasteiger partial charge in [0.1, 0.15) is 11.0 Å². The van der Waals surface area contributed by atoms with Gasteiger partial charge in [0.2, 0.25) is 0 Å². The smallest absolute Gasteiger partial charge is 0.158 e. The maximum atomic E-state index is 6.02. The number of hydrogen-bond donors (Lipinski definition) is 0. The molecule has 17 heavy (non-hydrogen) atoms. The van der Waals surface area contributed by atoms with Gasteiger partial charge >= 0.3 is 0 Å². The Balaban J connectivity index is 2.52. The van der Waals surface area contributed by atoms with Gasteiger partial charge in [-0.3, -0.25) is 0 Å². The lowest BCUT2D eigenvalue weighted by atomic mass is 9.96. The Labute approximate surface area is 106 Å². The lowest BCUT2D eigenvalue weighted by molar-refractivity contribution is 0.542. The molecular weight excluding hydrogens is 236 g/mol. The van der Waals surface area contributed by atoms with E-state index in [1.165, 1.54) is 0 Å². The van der Waals surface area contributed by atoms with Crippen LogP contribution in [0.5, 0.6) is 0 Å². The van der Waals surface area contributed by atoms with Gasteiger partial charge in [0, 0.05) is 17.7 Å². The fourth-order valence-corrected chi connectivity index (χ4v) is 1.58. The highest BCUT2D eigenvalue weighted by molar-refractivity contribution is 6.29. The molecule has 0 aliphatic rings. The van der Waals surface area contributed by atoms with Crippen molar-refractivity contribution in [3.8, 4) is 5.82 Å². The summed E-state index contributed by atoms with van der Waals surface area (Å²) in [4.78, 5) is 8.74. The molecule has 0 aromatic carbocycles. The van der Waals surface area contributed by atoms with Crippen molar-refractivity contribution in [1.29, 1.82) is 0 Å². The SMILES string of the molecule is Cc1ccn(-c2cc(Cl)nc(C(C)(C)C)n2)n1. The topological polar surface area (TPSA) is 43.6 Å². The van der Waals surface area contributed by atoms with Gasteiger partial charge in [0.15, 0.2) is 5.82 Å². The highest BCUT2D eigenvalue weighted by Gasteiger charge is 2.19. The number of aryl methyl sites for hydroxylation is 1. The van der Waals surface area contributed by atoms with Crippen LogP contribution in [0.4, 0.5) is 0 Å². The summed E-state index contributed by atoms with van der Waals surface area (Å²) >= 11 is 6.02. The first-order valence-electron chi connectivity index (χ1n) is 5.44. The van der Waals surface area contributed by atoms with Gasteiger partial charge < -0.3 is 0 Å². The minimum absolute atomic E-state index is 0.137. The van der Waals surface area contributed by atoms with Crippen molar-refractivity contribution >= 4 is 11.6 Å². The maximum Gasteiger partial charge on any atom is 0.158 e. The molecular formula is C12H15ClN4. The summed E-state index contributed by atoms with van der Waals surface area (Å²) < 4.78 is 1.71. The molecule has 0 N–H and O–H groups in total. The molecule has 4 nitrogen and oxygen atoms in total. The van der Waals surface area contributed by atoms with E-state index < -0.39 is 0 Å². The van der Waals surface area contributed by atoms with Crippen LogP contribution in [0, 0.1) is 6.92 Å². The molecule has 90 valence electrons. The van der Waals surface area contributed by atoms with Crippen LogP contribution in [0.3, 0.4) is 0 Å². The fraction of sp³-hybridized carbons (Fsp3) is 0.417. The fourth-order valence-electron chi connectivity index (χ4n) is 1.40. The summed E-state index contributed by atoms with van der Waals surface area (Å²) in [6.07, 6.45) is 1.86. The minimum Gasteiger partial charge on any atom is -0.222 e. The third kappa shape index (κ3) is 2.64. The summed E-state index contributed by atoms with van der Waals surface area (Å²) in [7, 11) is 0. The number of rotatable bonds is 1.